The quantitative estimate of drug-likeness (QED) is 0.169. The number of nitrogens with two attached hydrogens (primary N) is 1. The highest BCUT2D eigenvalue weighted by molar-refractivity contribution is 5.90. The largest absolute Gasteiger partial charge is 0.497 e. The van der Waals surface area contributed by atoms with Crippen LogP contribution in [0, 0.1) is 0 Å². The minimum Gasteiger partial charge on any atom is -0.497 e. The maximum absolute atomic E-state index is 12.9. The van der Waals surface area contributed by atoms with Crippen molar-refractivity contribution in [1.29, 1.82) is 0 Å². The number of rotatable bonds is 8. The number of amides is 1. The van der Waals surface area contributed by atoms with Crippen LogP contribution in [0.3, 0.4) is 0 Å². The van der Waals surface area contributed by atoms with Gasteiger partial charge in [0, 0.05) is 0 Å². The van der Waals surface area contributed by atoms with Crippen molar-refractivity contribution >= 4 is 35.3 Å². The Labute approximate surface area is 229 Å². The maximum Gasteiger partial charge on any atom is 0.224 e. The first-order valence-electron chi connectivity index (χ1n) is 12.5. The van der Waals surface area contributed by atoms with Crippen molar-refractivity contribution in [2.45, 2.75) is 38.3 Å². The van der Waals surface area contributed by atoms with Crippen molar-refractivity contribution in [1.82, 2.24) is 5.32 Å². The van der Waals surface area contributed by atoms with Crippen molar-refractivity contribution in [3.8, 4) is 11.5 Å². The van der Waals surface area contributed by atoms with Gasteiger partial charge in [-0.1, -0.05) is 42.5 Å². The van der Waals surface area contributed by atoms with Crippen molar-refractivity contribution in [3.63, 3.8) is 0 Å². The molecule has 0 aromatic heterocycles. The summed E-state index contributed by atoms with van der Waals surface area (Å²) in [4.78, 5) is 12.9. The summed E-state index contributed by atoms with van der Waals surface area (Å²) < 4.78 is 11.5. The third kappa shape index (κ3) is 6.45. The number of methoxy groups -OCH3 is 1. The van der Waals surface area contributed by atoms with Gasteiger partial charge in [0.2, 0.25) is 5.91 Å². The number of fused-ring (bicyclic) bond motifs is 2. The number of nitrogens with zero attached hydrogens (tertiary/aromatic N) is 1. The minimum absolute atomic E-state index is 0. The predicted octanol–water partition coefficient (Wildman–Crippen LogP) is 5.88. The molecule has 0 saturated heterocycles. The van der Waals surface area contributed by atoms with E-state index < -0.39 is 0 Å². The Kier molecular flexibility index (Phi) is 8.87. The fourth-order valence-electron chi connectivity index (χ4n) is 4.97. The molecule has 6 nitrogen and oxygen atoms in total. The van der Waals surface area contributed by atoms with Crippen LogP contribution in [0.25, 0.3) is 10.8 Å². The normalized spacial score (nSPS) is 14.5. The van der Waals surface area contributed by atoms with Gasteiger partial charge in [-0.25, -0.2) is 0 Å². The molecule has 196 valence electrons. The Bertz CT molecular complexity index is 1450. The molecule has 4 aromatic carbocycles. The van der Waals surface area contributed by atoms with Crippen LogP contribution in [0.5, 0.6) is 11.5 Å². The summed E-state index contributed by atoms with van der Waals surface area (Å²) in [7, 11) is 1.63. The lowest BCUT2D eigenvalue weighted by molar-refractivity contribution is -0.121. The zero-order valence-electron chi connectivity index (χ0n) is 21.4. The summed E-state index contributed by atoms with van der Waals surface area (Å²) in [5.41, 5.74) is 5.42. The molecule has 4 aromatic rings. The van der Waals surface area contributed by atoms with E-state index in [9.17, 15) is 4.79 Å². The monoisotopic (exact) mass is 529 g/mol. The molecule has 3 N–H and O–H groups in total. The van der Waals surface area contributed by atoms with E-state index in [1.54, 1.807) is 13.3 Å². The lowest BCUT2D eigenvalue weighted by Gasteiger charge is -2.27. The molecule has 1 aliphatic carbocycles. The molecule has 7 heteroatoms. The van der Waals surface area contributed by atoms with Crippen LogP contribution in [-0.2, 0) is 24.2 Å². The number of hydrazone groups is 1. The predicted molar refractivity (Wildman–Crippen MR) is 154 cm³/mol. The Morgan fingerprint density at radius 1 is 1.00 bits per heavy atom. The summed E-state index contributed by atoms with van der Waals surface area (Å²) in [6.45, 7) is 0.466. The van der Waals surface area contributed by atoms with Crippen LogP contribution in [0.2, 0.25) is 0 Å². The second-order valence-corrected chi connectivity index (χ2v) is 9.41. The van der Waals surface area contributed by atoms with Crippen LogP contribution >= 0.6 is 12.4 Å². The van der Waals surface area contributed by atoms with Gasteiger partial charge >= 0.3 is 0 Å². The van der Waals surface area contributed by atoms with Crippen molar-refractivity contribution < 1.29 is 14.3 Å². The first-order valence-corrected chi connectivity index (χ1v) is 12.5. The highest BCUT2D eigenvalue weighted by Crippen LogP contribution is 2.33. The van der Waals surface area contributed by atoms with Gasteiger partial charge < -0.3 is 20.6 Å². The van der Waals surface area contributed by atoms with Crippen LogP contribution in [0.15, 0.2) is 84.0 Å². The molecule has 0 radical (unpaired) electrons. The molecule has 1 aliphatic rings. The van der Waals surface area contributed by atoms with Gasteiger partial charge in [-0.3, -0.25) is 4.79 Å². The van der Waals surface area contributed by atoms with E-state index in [1.165, 1.54) is 5.56 Å². The molecule has 0 saturated carbocycles. The van der Waals surface area contributed by atoms with E-state index in [-0.39, 0.29) is 24.4 Å². The summed E-state index contributed by atoms with van der Waals surface area (Å²) in [6, 6.07) is 26.3. The van der Waals surface area contributed by atoms with Crippen molar-refractivity contribution in [2.24, 2.45) is 10.9 Å². The van der Waals surface area contributed by atoms with E-state index in [1.807, 2.05) is 36.4 Å². The third-order valence-corrected chi connectivity index (χ3v) is 6.82. The molecule has 0 heterocycles. The summed E-state index contributed by atoms with van der Waals surface area (Å²) in [5.74, 6) is 6.84. The zero-order chi connectivity index (χ0) is 25.6. The van der Waals surface area contributed by atoms with Gasteiger partial charge in [-0.2, -0.15) is 5.10 Å². The second kappa shape index (κ2) is 12.5. The highest BCUT2D eigenvalue weighted by Gasteiger charge is 2.22. The van der Waals surface area contributed by atoms with E-state index in [0.717, 1.165) is 63.8 Å². The summed E-state index contributed by atoms with van der Waals surface area (Å²) in [6.07, 6.45) is 4.94. The standard InChI is InChI=1S/C31H31N3O3.ClH/c1-36-27-6-2-4-21(16-27)17-31(35)34-30-7-3-5-24-12-13-28(18-29(24)30)37-20-23-9-11-25-14-22(19-33-32)8-10-26(25)15-23;/h2,4,6,8-16,18-19,30H,3,5,7,17,20,32H2,1H3,(H,34,35);1H. The van der Waals surface area contributed by atoms with Gasteiger partial charge in [0.05, 0.1) is 25.8 Å². The average Bonchev–Trinajstić information content (AvgIpc) is 2.92. The second-order valence-electron chi connectivity index (χ2n) is 9.41. The molecule has 0 bridgehead atoms. The number of ether oxygens (including phenoxy) is 2. The Morgan fingerprint density at radius 3 is 2.68 bits per heavy atom. The van der Waals surface area contributed by atoms with E-state index >= 15 is 0 Å². The van der Waals surface area contributed by atoms with Gasteiger partial charge in [0.25, 0.3) is 0 Å². The van der Waals surface area contributed by atoms with E-state index in [2.05, 4.69) is 52.9 Å². The Hall–Kier alpha value is -4.03. The number of nitrogens with one attached hydrogen (secondary N) is 1. The number of carbonyl (C=O) groups excluding carboxylic acids is 1. The van der Waals surface area contributed by atoms with Crippen LogP contribution in [0.4, 0.5) is 0 Å². The SMILES string of the molecule is COc1cccc(CC(=O)NC2CCCc3ccc(OCc4ccc5cc(C=NN)ccc5c4)cc32)c1.Cl. The topological polar surface area (TPSA) is 85.9 Å². The number of hydrogen-bond donors (Lipinski definition) is 2. The number of halogens is 1. The molecular weight excluding hydrogens is 498 g/mol. The molecule has 1 amide bonds. The minimum atomic E-state index is -0.0164. The van der Waals surface area contributed by atoms with Crippen LogP contribution in [0.1, 0.15) is 46.7 Å². The molecular formula is C31H32ClN3O3. The Balaban J connectivity index is 0.00000336. The molecule has 38 heavy (non-hydrogen) atoms. The third-order valence-electron chi connectivity index (χ3n) is 6.82. The van der Waals surface area contributed by atoms with Gasteiger partial charge in [-0.15, -0.1) is 12.4 Å². The molecule has 0 fully saturated rings. The molecule has 0 aliphatic heterocycles. The van der Waals surface area contributed by atoms with Crippen molar-refractivity contribution in [2.75, 3.05) is 7.11 Å². The zero-order valence-corrected chi connectivity index (χ0v) is 22.2. The van der Waals surface area contributed by atoms with Crippen LogP contribution in [-0.4, -0.2) is 19.2 Å². The maximum atomic E-state index is 12.9. The fraction of sp³-hybridized carbons (Fsp3) is 0.226. The molecule has 0 spiro atoms. The summed E-state index contributed by atoms with van der Waals surface area (Å²) in [5, 5.41) is 9.11. The van der Waals surface area contributed by atoms with Crippen molar-refractivity contribution in [3.05, 3.63) is 107 Å². The molecule has 1 atom stereocenters. The average molecular weight is 530 g/mol. The van der Waals surface area contributed by atoms with E-state index in [0.29, 0.717) is 13.0 Å². The number of carbonyl (C=O) groups is 1. The lowest BCUT2D eigenvalue weighted by atomic mass is 9.87. The number of benzene rings is 4. The van der Waals surface area contributed by atoms with Gasteiger partial charge in [0.15, 0.2) is 0 Å². The van der Waals surface area contributed by atoms with Crippen LogP contribution < -0.4 is 20.6 Å². The smallest absolute Gasteiger partial charge is 0.224 e. The van der Waals surface area contributed by atoms with E-state index in [4.69, 9.17) is 15.3 Å². The first-order chi connectivity index (χ1) is 18.1. The van der Waals surface area contributed by atoms with Gasteiger partial charge in [-0.05, 0) is 94.3 Å². The molecule has 1 unspecified atom stereocenters. The Morgan fingerprint density at radius 2 is 1.84 bits per heavy atom. The fourth-order valence-corrected chi connectivity index (χ4v) is 4.97. The number of hydrogen-bond acceptors (Lipinski definition) is 5. The molecule has 5 rings (SSSR count). The van der Waals surface area contributed by atoms with Gasteiger partial charge in [0.1, 0.15) is 18.1 Å². The number of aryl methyl sites for hydroxylation is 1. The lowest BCUT2D eigenvalue weighted by Crippen LogP contribution is -2.32. The highest BCUT2D eigenvalue weighted by atomic mass is 35.5. The summed E-state index contributed by atoms with van der Waals surface area (Å²) >= 11 is 0. The first kappa shape index (κ1) is 27.0.